The summed E-state index contributed by atoms with van der Waals surface area (Å²) in [6.45, 7) is 4.60. The molecule has 0 aromatic heterocycles. The molecule has 8 nitrogen and oxygen atoms in total. The van der Waals surface area contributed by atoms with Gasteiger partial charge in [0.25, 0.3) is 5.97 Å². The van der Waals surface area contributed by atoms with E-state index in [0.717, 1.165) is 45.8 Å². The highest BCUT2D eigenvalue weighted by molar-refractivity contribution is 5.67. The molecule has 0 bridgehead atoms. The number of benzene rings is 3. The summed E-state index contributed by atoms with van der Waals surface area (Å²) in [5.74, 6) is -0.789. The number of phenols is 1. The lowest BCUT2D eigenvalue weighted by molar-refractivity contribution is -0.134. The van der Waals surface area contributed by atoms with Crippen LogP contribution in [-0.2, 0) is 27.5 Å². The molecule has 0 fully saturated rings. The van der Waals surface area contributed by atoms with E-state index < -0.39 is 12.1 Å². The number of aromatic hydroxyl groups is 1. The van der Waals surface area contributed by atoms with Crippen molar-refractivity contribution in [2.45, 2.75) is 51.9 Å². The first-order valence-electron chi connectivity index (χ1n) is 13.7. The van der Waals surface area contributed by atoms with E-state index in [1.807, 2.05) is 12.1 Å². The molecule has 3 aromatic rings. The van der Waals surface area contributed by atoms with Crippen LogP contribution in [0.1, 0.15) is 55.4 Å². The molecule has 0 radical (unpaired) electrons. The van der Waals surface area contributed by atoms with Gasteiger partial charge in [0.05, 0.1) is 32.5 Å². The minimum Gasteiger partial charge on any atom is -0.508 e. The molecule has 40 heavy (non-hydrogen) atoms. The molecule has 0 saturated heterocycles. The van der Waals surface area contributed by atoms with Crippen LogP contribution in [0.3, 0.4) is 0 Å². The van der Waals surface area contributed by atoms with Crippen molar-refractivity contribution in [3.8, 4) is 16.9 Å². The van der Waals surface area contributed by atoms with Gasteiger partial charge in [-0.05, 0) is 53.8 Å². The molecule has 218 valence electrons. The van der Waals surface area contributed by atoms with E-state index in [2.05, 4.69) is 47.8 Å². The summed E-state index contributed by atoms with van der Waals surface area (Å²) < 4.78 is 11.6. The fourth-order valence-electron chi connectivity index (χ4n) is 4.05. The maximum Gasteiger partial charge on any atom is 0.300 e. The van der Waals surface area contributed by atoms with E-state index in [1.54, 1.807) is 12.1 Å². The Bertz CT molecular complexity index is 1100. The van der Waals surface area contributed by atoms with Gasteiger partial charge in [-0.2, -0.15) is 0 Å². The minimum atomic E-state index is -0.833. The Morgan fingerprint density at radius 1 is 0.850 bits per heavy atom. The summed E-state index contributed by atoms with van der Waals surface area (Å²) in [5.41, 5.74) is 4.70. The zero-order valence-corrected chi connectivity index (χ0v) is 23.3. The highest BCUT2D eigenvalue weighted by atomic mass is 16.5. The maximum atomic E-state index is 10.3. The highest BCUT2D eigenvalue weighted by Crippen LogP contribution is 2.24. The van der Waals surface area contributed by atoms with Crippen LogP contribution in [-0.4, -0.2) is 59.3 Å². The molecule has 0 aliphatic carbocycles. The number of hydrogen-bond acceptors (Lipinski definition) is 7. The molecule has 0 unspecified atom stereocenters. The van der Waals surface area contributed by atoms with Crippen LogP contribution in [0.2, 0.25) is 0 Å². The number of carboxylic acids is 1. The third-order valence-electron chi connectivity index (χ3n) is 6.12. The molecule has 0 saturated carbocycles. The summed E-state index contributed by atoms with van der Waals surface area (Å²) in [6.07, 6.45) is 3.60. The predicted octanol–water partition coefficient (Wildman–Crippen LogP) is 5.06. The fourth-order valence-corrected chi connectivity index (χ4v) is 4.05. The van der Waals surface area contributed by atoms with Crippen molar-refractivity contribution in [3.63, 3.8) is 0 Å². The third kappa shape index (κ3) is 13.2. The first-order valence-corrected chi connectivity index (χ1v) is 13.7. The number of aliphatic carboxylic acids is 1. The number of carboxylic acid groups (broad SMARTS) is 1. The molecule has 0 amide bonds. The van der Waals surface area contributed by atoms with Gasteiger partial charge in [0.2, 0.25) is 0 Å². The summed E-state index contributed by atoms with van der Waals surface area (Å²) in [6, 6.07) is 23.5. The van der Waals surface area contributed by atoms with E-state index in [-0.39, 0.29) is 12.4 Å². The second-order valence-electron chi connectivity index (χ2n) is 9.39. The molecule has 0 aliphatic rings. The average molecular weight is 554 g/mol. The maximum absolute atomic E-state index is 10.3. The molecule has 0 aliphatic heterocycles. The monoisotopic (exact) mass is 553 g/mol. The van der Waals surface area contributed by atoms with Crippen molar-refractivity contribution < 1.29 is 34.7 Å². The van der Waals surface area contributed by atoms with Gasteiger partial charge < -0.3 is 35.2 Å². The van der Waals surface area contributed by atoms with Gasteiger partial charge >= 0.3 is 0 Å². The first-order chi connectivity index (χ1) is 19.4. The van der Waals surface area contributed by atoms with Gasteiger partial charge in [-0.25, -0.2) is 0 Å². The van der Waals surface area contributed by atoms with E-state index in [4.69, 9.17) is 19.4 Å². The SMILES string of the molecule is CC(=O)O.OCc1cc([C@@H](O)CNCCCCCCOCCOCc2ccccc2-c2ccccc2)ccc1O. The van der Waals surface area contributed by atoms with E-state index in [1.165, 1.54) is 22.8 Å². The quantitative estimate of drug-likeness (QED) is 0.147. The average Bonchev–Trinajstić information content (AvgIpc) is 2.96. The van der Waals surface area contributed by atoms with Gasteiger partial charge in [-0.1, -0.05) is 73.5 Å². The summed E-state index contributed by atoms with van der Waals surface area (Å²) >= 11 is 0. The lowest BCUT2D eigenvalue weighted by atomic mass is 10.0. The molecule has 0 spiro atoms. The van der Waals surface area contributed by atoms with Crippen LogP contribution < -0.4 is 5.32 Å². The second kappa shape index (κ2) is 19.7. The molecule has 3 rings (SSSR count). The van der Waals surface area contributed by atoms with Crippen molar-refractivity contribution >= 4 is 5.97 Å². The van der Waals surface area contributed by atoms with Crippen LogP contribution >= 0.6 is 0 Å². The van der Waals surface area contributed by atoms with Crippen LogP contribution in [0, 0.1) is 0 Å². The number of hydrogen-bond donors (Lipinski definition) is 5. The Morgan fingerprint density at radius 3 is 2.27 bits per heavy atom. The van der Waals surface area contributed by atoms with Gasteiger partial charge in [0, 0.05) is 25.6 Å². The van der Waals surface area contributed by atoms with Gasteiger partial charge in [-0.3, -0.25) is 4.79 Å². The largest absolute Gasteiger partial charge is 0.508 e. The summed E-state index contributed by atoms with van der Waals surface area (Å²) in [7, 11) is 0. The Balaban J connectivity index is 0.00000131. The first kappa shape index (κ1) is 32.9. The van der Waals surface area contributed by atoms with Crippen molar-refractivity contribution in [2.24, 2.45) is 0 Å². The molecule has 3 aromatic carbocycles. The number of aliphatic hydroxyl groups excluding tert-OH is 2. The lowest BCUT2D eigenvalue weighted by Crippen LogP contribution is -2.22. The number of aliphatic hydroxyl groups is 2. The minimum absolute atomic E-state index is 0.0440. The topological polar surface area (TPSA) is 128 Å². The molecule has 8 heteroatoms. The van der Waals surface area contributed by atoms with E-state index in [0.29, 0.717) is 37.5 Å². The van der Waals surface area contributed by atoms with Gasteiger partial charge in [0.15, 0.2) is 0 Å². The van der Waals surface area contributed by atoms with Crippen molar-refractivity contribution in [1.29, 1.82) is 0 Å². The zero-order chi connectivity index (χ0) is 29.0. The Hall–Kier alpha value is -3.27. The fraction of sp³-hybridized carbons (Fsp3) is 0.406. The molecular weight excluding hydrogens is 510 g/mol. The number of carbonyl (C=O) groups is 1. The Morgan fingerprint density at radius 2 is 1.52 bits per heavy atom. The van der Waals surface area contributed by atoms with Crippen LogP contribution in [0.25, 0.3) is 11.1 Å². The highest BCUT2D eigenvalue weighted by Gasteiger charge is 2.10. The van der Waals surface area contributed by atoms with Crippen LogP contribution in [0.5, 0.6) is 5.75 Å². The lowest BCUT2D eigenvalue weighted by Gasteiger charge is -2.14. The Labute approximate surface area is 237 Å². The molecule has 0 heterocycles. The van der Waals surface area contributed by atoms with E-state index >= 15 is 0 Å². The van der Waals surface area contributed by atoms with Gasteiger partial charge in [-0.15, -0.1) is 0 Å². The normalized spacial score (nSPS) is 11.5. The Kier molecular flexibility index (Phi) is 16.3. The number of unbranched alkanes of at least 4 members (excludes halogenated alkanes) is 3. The third-order valence-corrected chi connectivity index (χ3v) is 6.12. The van der Waals surface area contributed by atoms with Crippen LogP contribution in [0.4, 0.5) is 0 Å². The second-order valence-corrected chi connectivity index (χ2v) is 9.39. The number of rotatable bonds is 17. The molecule has 5 N–H and O–H groups in total. The molecular formula is C32H43NO7. The standard InChI is InChI=1S/C30H39NO5.C2H4O2/c32-22-27-20-25(14-15-29(27)33)30(34)21-31-16-8-1-2-9-17-35-18-19-36-23-26-12-6-7-13-28(26)24-10-4-3-5-11-24;1-2(3)4/h3-7,10-15,20,30-34H,1-2,8-9,16-19,21-23H2;1H3,(H,3,4)/t30-;/m0./s1. The smallest absolute Gasteiger partial charge is 0.300 e. The molecule has 1 atom stereocenters. The van der Waals surface area contributed by atoms with Gasteiger partial charge in [0.1, 0.15) is 5.75 Å². The number of nitrogens with one attached hydrogen (secondary N) is 1. The van der Waals surface area contributed by atoms with Crippen molar-refractivity contribution in [2.75, 3.05) is 32.9 Å². The van der Waals surface area contributed by atoms with Crippen molar-refractivity contribution in [1.82, 2.24) is 5.32 Å². The van der Waals surface area contributed by atoms with Crippen molar-refractivity contribution in [3.05, 3.63) is 89.5 Å². The van der Waals surface area contributed by atoms with E-state index in [9.17, 15) is 15.3 Å². The summed E-state index contributed by atoms with van der Waals surface area (Å²) in [4.78, 5) is 9.00. The van der Waals surface area contributed by atoms with Crippen LogP contribution in [0.15, 0.2) is 72.8 Å². The zero-order valence-electron chi connectivity index (χ0n) is 23.3. The predicted molar refractivity (Wildman–Crippen MR) is 156 cm³/mol. The summed E-state index contributed by atoms with van der Waals surface area (Å²) in [5, 5.41) is 39.8. The number of ether oxygens (including phenoxy) is 2.